The van der Waals surface area contributed by atoms with E-state index < -0.39 is 5.97 Å². The highest BCUT2D eigenvalue weighted by Crippen LogP contribution is 2.28. The van der Waals surface area contributed by atoms with Crippen molar-refractivity contribution in [2.45, 2.75) is 25.0 Å². The predicted octanol–water partition coefficient (Wildman–Crippen LogP) is 1.24. The van der Waals surface area contributed by atoms with Crippen molar-refractivity contribution in [2.75, 3.05) is 6.26 Å². The predicted molar refractivity (Wildman–Crippen MR) is 57.5 cm³/mol. The van der Waals surface area contributed by atoms with Crippen LogP contribution in [0.2, 0.25) is 0 Å². The fourth-order valence-electron chi connectivity index (χ4n) is 0.792. The number of hydrogen-bond donors (Lipinski definition) is 1. The number of carboxylic acids is 1. The summed E-state index contributed by atoms with van der Waals surface area (Å²) < 4.78 is 0. The smallest absolute Gasteiger partial charge is 0.373 e. The van der Waals surface area contributed by atoms with Gasteiger partial charge >= 0.3 is 12.1 Å². The zero-order valence-corrected chi connectivity index (χ0v) is 10.0. The van der Waals surface area contributed by atoms with Crippen LogP contribution in [0.5, 0.6) is 0 Å². The van der Waals surface area contributed by atoms with Crippen LogP contribution in [0.25, 0.3) is 0 Å². The lowest BCUT2D eigenvalue weighted by Gasteiger charge is -2.09. The molecule has 0 spiro atoms. The molecule has 1 N–H and O–H groups in total. The first kappa shape index (κ1) is 16.6. The maximum absolute atomic E-state index is 10.7. The quantitative estimate of drug-likeness (QED) is 0.711. The molecule has 0 saturated heterocycles. The van der Waals surface area contributed by atoms with Crippen LogP contribution in [-0.4, -0.2) is 34.5 Å². The standard InChI is InChI=1S/C7H12O3S2.CO2/c1-5(8)3-6(12-11-2)4-7(9)10;2-1-3/h6H,3-4H2,1-2H3,(H,9,10);. The summed E-state index contributed by atoms with van der Waals surface area (Å²) in [6.45, 7) is 1.48. The Morgan fingerprint density at radius 1 is 1.33 bits per heavy atom. The number of carbonyl (C=O) groups is 2. The van der Waals surface area contributed by atoms with Crippen LogP contribution < -0.4 is 0 Å². The SMILES string of the molecule is CSSC(CC(C)=O)CC(=O)O.O=C=O. The molecule has 0 bridgehead atoms. The summed E-state index contributed by atoms with van der Waals surface area (Å²) in [5.41, 5.74) is 0. The molecule has 0 aliphatic heterocycles. The monoisotopic (exact) mass is 252 g/mol. The number of carboxylic acid groups (broad SMARTS) is 1. The fourth-order valence-corrected chi connectivity index (χ4v) is 2.80. The molecule has 0 radical (unpaired) electrons. The van der Waals surface area contributed by atoms with Gasteiger partial charge in [0.1, 0.15) is 5.78 Å². The lowest BCUT2D eigenvalue weighted by atomic mass is 10.2. The maximum Gasteiger partial charge on any atom is 0.373 e. The molecule has 0 saturated carbocycles. The summed E-state index contributed by atoms with van der Waals surface area (Å²) in [4.78, 5) is 37.3. The Hall–Kier alpha value is -0.780. The Kier molecular flexibility index (Phi) is 12.5. The summed E-state index contributed by atoms with van der Waals surface area (Å²) in [6.07, 6.45) is 2.53. The summed E-state index contributed by atoms with van der Waals surface area (Å²) in [7, 11) is 2.94. The van der Waals surface area contributed by atoms with E-state index in [2.05, 4.69) is 0 Å². The maximum atomic E-state index is 10.7. The van der Waals surface area contributed by atoms with Crippen molar-refractivity contribution in [2.24, 2.45) is 0 Å². The molecule has 0 aliphatic carbocycles. The summed E-state index contributed by atoms with van der Waals surface area (Å²) in [6, 6.07) is 0. The molecule has 1 atom stereocenters. The lowest BCUT2D eigenvalue weighted by molar-refractivity contribution is -0.191. The average molecular weight is 252 g/mol. The highest BCUT2D eigenvalue weighted by Gasteiger charge is 2.15. The number of Topliss-reactive ketones (excluding diaryl/α,β-unsaturated/α-hetero) is 1. The second kappa shape index (κ2) is 11.3. The van der Waals surface area contributed by atoms with E-state index in [9.17, 15) is 9.59 Å². The number of aliphatic carboxylic acids is 1. The zero-order valence-electron chi connectivity index (χ0n) is 8.39. The minimum Gasteiger partial charge on any atom is -0.481 e. The molecule has 5 nitrogen and oxygen atoms in total. The highest BCUT2D eigenvalue weighted by molar-refractivity contribution is 8.76. The van der Waals surface area contributed by atoms with E-state index in [1.807, 2.05) is 6.26 Å². The van der Waals surface area contributed by atoms with E-state index in [-0.39, 0.29) is 23.6 Å². The third kappa shape index (κ3) is 15.9. The Balaban J connectivity index is 0. The van der Waals surface area contributed by atoms with Crippen LogP contribution in [0.1, 0.15) is 19.8 Å². The molecule has 0 fully saturated rings. The van der Waals surface area contributed by atoms with Crippen molar-refractivity contribution in [3.05, 3.63) is 0 Å². The van der Waals surface area contributed by atoms with Gasteiger partial charge < -0.3 is 5.11 Å². The van der Waals surface area contributed by atoms with Crippen LogP contribution in [0.4, 0.5) is 0 Å². The van der Waals surface area contributed by atoms with Crippen LogP contribution in [0, 0.1) is 0 Å². The second-order valence-electron chi connectivity index (χ2n) is 2.47. The molecule has 15 heavy (non-hydrogen) atoms. The van der Waals surface area contributed by atoms with Crippen molar-refractivity contribution < 1.29 is 24.3 Å². The van der Waals surface area contributed by atoms with Gasteiger partial charge in [0.15, 0.2) is 0 Å². The van der Waals surface area contributed by atoms with Crippen molar-refractivity contribution in [1.29, 1.82) is 0 Å². The molecular weight excluding hydrogens is 240 g/mol. The van der Waals surface area contributed by atoms with Gasteiger partial charge in [0.05, 0.1) is 6.42 Å². The van der Waals surface area contributed by atoms with Crippen molar-refractivity contribution in [3.8, 4) is 0 Å². The van der Waals surface area contributed by atoms with Crippen LogP contribution in [-0.2, 0) is 19.2 Å². The molecule has 0 amide bonds. The summed E-state index contributed by atoms with van der Waals surface area (Å²) in [5.74, 6) is -0.800. The van der Waals surface area contributed by atoms with Crippen LogP contribution in [0.15, 0.2) is 0 Å². The van der Waals surface area contributed by atoms with Gasteiger partial charge in [-0.3, -0.25) is 9.59 Å². The average Bonchev–Trinajstić information content (AvgIpc) is 2.02. The Labute approximate surface area is 95.4 Å². The van der Waals surface area contributed by atoms with Crippen molar-refractivity contribution in [3.63, 3.8) is 0 Å². The van der Waals surface area contributed by atoms with E-state index in [4.69, 9.17) is 14.7 Å². The van der Waals surface area contributed by atoms with E-state index in [0.29, 0.717) is 6.42 Å². The van der Waals surface area contributed by atoms with Gasteiger partial charge in [-0.25, -0.2) is 0 Å². The topological polar surface area (TPSA) is 88.5 Å². The minimum absolute atomic E-state index is 0.0443. The first-order valence-corrected chi connectivity index (χ1v) is 6.50. The number of hydrogen-bond acceptors (Lipinski definition) is 6. The van der Waals surface area contributed by atoms with Gasteiger partial charge in [0, 0.05) is 11.7 Å². The molecule has 0 aromatic carbocycles. The third-order valence-corrected chi connectivity index (χ3v) is 3.34. The molecule has 0 aliphatic rings. The molecule has 7 heteroatoms. The summed E-state index contributed by atoms with van der Waals surface area (Å²) >= 11 is 0. The van der Waals surface area contributed by atoms with Gasteiger partial charge in [-0.15, -0.1) is 0 Å². The van der Waals surface area contributed by atoms with Crippen LogP contribution in [0.3, 0.4) is 0 Å². The minimum atomic E-state index is -0.845. The molecule has 0 aromatic heterocycles. The second-order valence-corrected chi connectivity index (χ2v) is 5.24. The van der Waals surface area contributed by atoms with E-state index in [1.165, 1.54) is 28.5 Å². The Morgan fingerprint density at radius 2 is 1.80 bits per heavy atom. The first-order valence-electron chi connectivity index (χ1n) is 3.87. The molecule has 86 valence electrons. The van der Waals surface area contributed by atoms with Gasteiger partial charge in [-0.2, -0.15) is 9.59 Å². The first-order chi connectivity index (χ1) is 6.97. The molecule has 1 unspecified atom stereocenters. The van der Waals surface area contributed by atoms with Crippen molar-refractivity contribution in [1.82, 2.24) is 0 Å². The normalized spacial score (nSPS) is 10.5. The molecule has 0 heterocycles. The van der Waals surface area contributed by atoms with Gasteiger partial charge in [-0.05, 0) is 13.2 Å². The van der Waals surface area contributed by atoms with Crippen LogP contribution >= 0.6 is 21.6 Å². The number of ketones is 1. The van der Waals surface area contributed by atoms with Gasteiger partial charge in [0.2, 0.25) is 0 Å². The fraction of sp³-hybridized carbons (Fsp3) is 0.625. The molecule has 0 aromatic rings. The highest BCUT2D eigenvalue weighted by atomic mass is 33.1. The molecular formula is C8H12O5S2. The lowest BCUT2D eigenvalue weighted by Crippen LogP contribution is -2.12. The summed E-state index contributed by atoms with van der Waals surface area (Å²) in [5, 5.41) is 8.40. The van der Waals surface area contributed by atoms with E-state index in [0.717, 1.165) is 0 Å². The van der Waals surface area contributed by atoms with E-state index in [1.54, 1.807) is 0 Å². The third-order valence-electron chi connectivity index (χ3n) is 1.15. The zero-order chi connectivity index (χ0) is 12.3. The Morgan fingerprint density at radius 3 is 2.07 bits per heavy atom. The largest absolute Gasteiger partial charge is 0.481 e. The van der Waals surface area contributed by atoms with Gasteiger partial charge in [0.25, 0.3) is 0 Å². The Bertz CT molecular complexity index is 219. The number of rotatable bonds is 6. The molecule has 0 rings (SSSR count). The van der Waals surface area contributed by atoms with Crippen molar-refractivity contribution >= 4 is 39.5 Å². The number of carbonyl (C=O) groups excluding carboxylic acids is 3. The van der Waals surface area contributed by atoms with Gasteiger partial charge in [-0.1, -0.05) is 21.6 Å². The van der Waals surface area contributed by atoms with E-state index >= 15 is 0 Å².